The van der Waals surface area contributed by atoms with E-state index in [1.807, 2.05) is 0 Å². The van der Waals surface area contributed by atoms with Gasteiger partial charge in [0.1, 0.15) is 0 Å². The molecule has 1 aliphatic carbocycles. The Morgan fingerprint density at radius 1 is 1.27 bits per heavy atom. The maximum Gasteiger partial charge on any atom is 0.306 e. The van der Waals surface area contributed by atoms with Crippen LogP contribution >= 0.6 is 0 Å². The summed E-state index contributed by atoms with van der Waals surface area (Å²) in [7, 11) is 0. The summed E-state index contributed by atoms with van der Waals surface area (Å²) in [6.45, 7) is 8.45. The highest BCUT2D eigenvalue weighted by atomic mass is 16.4. The molecule has 0 saturated heterocycles. The average Bonchev–Trinajstić information content (AvgIpc) is 2.47. The molecule has 0 spiro atoms. The van der Waals surface area contributed by atoms with Crippen LogP contribution in [0.1, 0.15) is 66.2 Å². The van der Waals surface area contributed by atoms with E-state index in [9.17, 15) is 4.79 Å². The third-order valence-electron chi connectivity index (χ3n) is 4.73. The standard InChI is InChI=1S/C20H32O2/c1-15(8-6-10-18(4)20(21)22)7-5-9-17(3)19-13-11-16(2)12-14-19/h7,9,11,13,16,18-19H,5-6,8,10,12,14H2,1-4H3,(H,21,22)/b15-7+,17-9+/t16-,18+,19-/m0/s1. The van der Waals surface area contributed by atoms with E-state index in [0.29, 0.717) is 5.92 Å². The highest BCUT2D eigenvalue weighted by Gasteiger charge is 2.13. The van der Waals surface area contributed by atoms with E-state index in [2.05, 4.69) is 45.1 Å². The molecule has 0 amide bonds. The van der Waals surface area contributed by atoms with Gasteiger partial charge >= 0.3 is 5.97 Å². The van der Waals surface area contributed by atoms with Crippen LogP contribution in [0.25, 0.3) is 0 Å². The largest absolute Gasteiger partial charge is 0.481 e. The van der Waals surface area contributed by atoms with Crippen LogP contribution < -0.4 is 0 Å². The molecule has 0 aromatic heterocycles. The van der Waals surface area contributed by atoms with Crippen molar-refractivity contribution in [1.29, 1.82) is 0 Å². The van der Waals surface area contributed by atoms with Crippen molar-refractivity contribution in [3.8, 4) is 0 Å². The minimum Gasteiger partial charge on any atom is -0.481 e. The van der Waals surface area contributed by atoms with Crippen LogP contribution in [-0.4, -0.2) is 11.1 Å². The van der Waals surface area contributed by atoms with Crippen LogP contribution in [0.2, 0.25) is 0 Å². The van der Waals surface area contributed by atoms with E-state index >= 15 is 0 Å². The van der Waals surface area contributed by atoms with Crippen molar-refractivity contribution in [2.24, 2.45) is 17.8 Å². The van der Waals surface area contributed by atoms with E-state index in [4.69, 9.17) is 5.11 Å². The van der Waals surface area contributed by atoms with Crippen molar-refractivity contribution >= 4 is 5.97 Å². The zero-order chi connectivity index (χ0) is 16.5. The van der Waals surface area contributed by atoms with Gasteiger partial charge in [0, 0.05) is 0 Å². The first kappa shape index (κ1) is 18.7. The number of aliphatic carboxylic acids is 1. The number of rotatable bonds is 8. The number of hydrogen-bond acceptors (Lipinski definition) is 1. The highest BCUT2D eigenvalue weighted by Crippen LogP contribution is 2.27. The molecule has 0 aliphatic heterocycles. The molecule has 2 heteroatoms. The van der Waals surface area contributed by atoms with Crippen molar-refractivity contribution in [1.82, 2.24) is 0 Å². The van der Waals surface area contributed by atoms with Gasteiger partial charge in [-0.3, -0.25) is 4.79 Å². The monoisotopic (exact) mass is 304 g/mol. The Morgan fingerprint density at radius 2 is 2.00 bits per heavy atom. The summed E-state index contributed by atoms with van der Waals surface area (Å²) in [5, 5.41) is 8.86. The fraction of sp³-hybridized carbons (Fsp3) is 0.650. The lowest BCUT2D eigenvalue weighted by Crippen LogP contribution is -2.08. The summed E-state index contributed by atoms with van der Waals surface area (Å²) < 4.78 is 0. The first-order valence-corrected chi connectivity index (χ1v) is 8.63. The summed E-state index contributed by atoms with van der Waals surface area (Å²) >= 11 is 0. The van der Waals surface area contributed by atoms with Crippen LogP contribution in [0.3, 0.4) is 0 Å². The zero-order valence-electron chi connectivity index (χ0n) is 14.6. The van der Waals surface area contributed by atoms with Gasteiger partial charge in [-0.2, -0.15) is 0 Å². The third-order valence-corrected chi connectivity index (χ3v) is 4.73. The molecule has 1 aliphatic rings. The van der Waals surface area contributed by atoms with Gasteiger partial charge in [-0.1, -0.05) is 49.3 Å². The molecule has 1 rings (SSSR count). The van der Waals surface area contributed by atoms with E-state index in [1.165, 1.54) is 24.0 Å². The lowest BCUT2D eigenvalue weighted by molar-refractivity contribution is -0.141. The Hall–Kier alpha value is -1.31. The molecular formula is C20H32O2. The maximum atomic E-state index is 10.8. The van der Waals surface area contributed by atoms with Crippen molar-refractivity contribution in [3.63, 3.8) is 0 Å². The average molecular weight is 304 g/mol. The molecule has 124 valence electrons. The predicted octanol–water partition coefficient (Wildman–Crippen LogP) is 5.76. The fourth-order valence-corrected chi connectivity index (χ4v) is 2.85. The number of allylic oxidation sites excluding steroid dienone is 6. The van der Waals surface area contributed by atoms with Gasteiger partial charge in [0.2, 0.25) is 0 Å². The van der Waals surface area contributed by atoms with E-state index in [-0.39, 0.29) is 5.92 Å². The van der Waals surface area contributed by atoms with Crippen LogP contribution in [0.5, 0.6) is 0 Å². The van der Waals surface area contributed by atoms with Crippen molar-refractivity contribution in [2.45, 2.75) is 66.2 Å². The van der Waals surface area contributed by atoms with Crippen molar-refractivity contribution < 1.29 is 9.90 Å². The predicted molar refractivity (Wildman–Crippen MR) is 93.8 cm³/mol. The molecule has 0 fully saturated rings. The Morgan fingerprint density at radius 3 is 2.59 bits per heavy atom. The minimum atomic E-state index is -0.685. The van der Waals surface area contributed by atoms with E-state index in [1.54, 1.807) is 6.92 Å². The second-order valence-electron chi connectivity index (χ2n) is 6.91. The number of carboxylic acid groups (broad SMARTS) is 1. The highest BCUT2D eigenvalue weighted by molar-refractivity contribution is 5.69. The molecule has 0 heterocycles. The summed E-state index contributed by atoms with van der Waals surface area (Å²) in [5.41, 5.74) is 2.85. The van der Waals surface area contributed by atoms with Crippen molar-refractivity contribution in [3.05, 3.63) is 35.5 Å². The molecular weight excluding hydrogens is 272 g/mol. The molecule has 1 N–H and O–H groups in total. The van der Waals surface area contributed by atoms with Crippen LogP contribution in [0.15, 0.2) is 35.5 Å². The Bertz CT molecular complexity index is 443. The van der Waals surface area contributed by atoms with E-state index in [0.717, 1.165) is 31.6 Å². The first-order chi connectivity index (χ1) is 10.4. The van der Waals surface area contributed by atoms with Gasteiger partial charge in [0.05, 0.1) is 5.92 Å². The second kappa shape index (κ2) is 9.66. The lowest BCUT2D eigenvalue weighted by atomic mass is 9.85. The maximum absolute atomic E-state index is 10.8. The van der Waals surface area contributed by atoms with E-state index < -0.39 is 5.97 Å². The molecule has 3 atom stereocenters. The summed E-state index contributed by atoms with van der Waals surface area (Å²) in [6, 6.07) is 0. The molecule has 22 heavy (non-hydrogen) atoms. The van der Waals surface area contributed by atoms with Gasteiger partial charge in [-0.05, 0) is 64.2 Å². The lowest BCUT2D eigenvalue weighted by Gasteiger charge is -2.20. The summed E-state index contributed by atoms with van der Waals surface area (Å²) in [4.78, 5) is 10.8. The smallest absolute Gasteiger partial charge is 0.306 e. The minimum absolute atomic E-state index is 0.226. The fourth-order valence-electron chi connectivity index (χ4n) is 2.85. The molecule has 0 saturated carbocycles. The topological polar surface area (TPSA) is 37.3 Å². The normalized spacial score (nSPS) is 24.4. The summed E-state index contributed by atoms with van der Waals surface area (Å²) in [5.74, 6) is 0.450. The number of carbonyl (C=O) groups is 1. The molecule has 0 aromatic rings. The molecule has 0 unspecified atom stereocenters. The Labute approximate surface area is 136 Å². The Kier molecular flexibility index (Phi) is 8.22. The molecule has 0 aromatic carbocycles. The van der Waals surface area contributed by atoms with Crippen LogP contribution in [0, 0.1) is 17.8 Å². The van der Waals surface area contributed by atoms with Gasteiger partial charge in [-0.15, -0.1) is 0 Å². The molecule has 0 radical (unpaired) electrons. The number of hydrogen-bond donors (Lipinski definition) is 1. The van der Waals surface area contributed by atoms with Gasteiger partial charge in [0.15, 0.2) is 0 Å². The molecule has 0 bridgehead atoms. The third kappa shape index (κ3) is 7.11. The molecule has 2 nitrogen and oxygen atoms in total. The number of carboxylic acids is 1. The zero-order valence-corrected chi connectivity index (χ0v) is 14.6. The van der Waals surface area contributed by atoms with Crippen LogP contribution in [-0.2, 0) is 4.79 Å². The second-order valence-corrected chi connectivity index (χ2v) is 6.91. The van der Waals surface area contributed by atoms with Gasteiger partial charge in [0.25, 0.3) is 0 Å². The summed E-state index contributed by atoms with van der Waals surface area (Å²) in [6.07, 6.45) is 15.6. The SMILES string of the molecule is C/C(=C\C/C=C(\C)[C@H]1C=C[C@H](C)CC1)CCC[C@@H](C)C(=O)O. The van der Waals surface area contributed by atoms with Crippen molar-refractivity contribution in [2.75, 3.05) is 0 Å². The first-order valence-electron chi connectivity index (χ1n) is 8.63. The quantitative estimate of drug-likeness (QED) is 0.579. The van der Waals surface area contributed by atoms with Gasteiger partial charge in [-0.25, -0.2) is 0 Å². The Balaban J connectivity index is 2.32. The van der Waals surface area contributed by atoms with Crippen LogP contribution in [0.4, 0.5) is 0 Å². The van der Waals surface area contributed by atoms with Gasteiger partial charge < -0.3 is 5.11 Å².